The van der Waals surface area contributed by atoms with Crippen LogP contribution in [0.1, 0.15) is 33.9 Å². The van der Waals surface area contributed by atoms with E-state index in [1.165, 1.54) is 13.0 Å². The summed E-state index contributed by atoms with van der Waals surface area (Å²) < 4.78 is 49.3. The summed E-state index contributed by atoms with van der Waals surface area (Å²) in [6.07, 6.45) is -1.09. The van der Waals surface area contributed by atoms with Crippen molar-refractivity contribution in [2.75, 3.05) is 26.5 Å². The van der Waals surface area contributed by atoms with E-state index in [9.17, 15) is 9.36 Å². The highest BCUT2D eigenvalue weighted by atomic mass is 35.5. The maximum absolute atomic E-state index is 13.0. The van der Waals surface area contributed by atoms with Crippen molar-refractivity contribution < 1.29 is 37.6 Å². The van der Waals surface area contributed by atoms with Crippen LogP contribution in [0.15, 0.2) is 6.33 Å². The summed E-state index contributed by atoms with van der Waals surface area (Å²) in [4.78, 5) is 24.9. The number of ether oxygens (including phenoxy) is 5. The number of hydrogen-bond acceptors (Lipinski definition) is 11. The van der Waals surface area contributed by atoms with Crippen LogP contribution in [0.2, 0.25) is 10.4 Å². The molecule has 0 bridgehead atoms. The molecule has 2 aliphatic heterocycles. The fourth-order valence-corrected chi connectivity index (χ4v) is 6.06. The van der Waals surface area contributed by atoms with Crippen LogP contribution in [0.5, 0.6) is 0 Å². The summed E-state index contributed by atoms with van der Waals surface area (Å²) in [5, 5.41) is 0.0542. The summed E-state index contributed by atoms with van der Waals surface area (Å²) in [6, 6.07) is 0. The molecular formula is C20H27Cl2N4O8P. The van der Waals surface area contributed by atoms with Crippen molar-refractivity contribution in [3.63, 3.8) is 0 Å². The van der Waals surface area contributed by atoms with E-state index < -0.39 is 49.5 Å². The molecule has 0 aromatic carbocycles. The fourth-order valence-electron chi connectivity index (χ4n) is 4.18. The lowest BCUT2D eigenvalue weighted by Gasteiger charge is -2.27. The standard InChI is InChI=1S/C20H27Cl2N4O8P/c1-6-29-17(27)18(35(5,28)31-7-2)30-8-10-12-13(34-20(3,4)33-12)16(32-10)26-9-23-11-14(21)24-19(22)25-15(11)26/h9-10,12-13,16,18H,6-8H2,1-5H3/t10-,12-,13-,16-,18?,35?/m1/s1. The van der Waals surface area contributed by atoms with E-state index in [0.717, 1.165) is 0 Å². The average Bonchev–Trinajstić information content (AvgIpc) is 3.39. The van der Waals surface area contributed by atoms with E-state index in [1.807, 2.05) is 0 Å². The third-order valence-electron chi connectivity index (χ3n) is 5.47. The first-order valence-corrected chi connectivity index (χ1v) is 13.9. The third-order valence-corrected chi connectivity index (χ3v) is 7.88. The highest BCUT2D eigenvalue weighted by Crippen LogP contribution is 2.50. The van der Waals surface area contributed by atoms with Crippen molar-refractivity contribution in [2.45, 2.75) is 63.9 Å². The topological polar surface area (TPSA) is 133 Å². The second-order valence-electron chi connectivity index (χ2n) is 8.50. The van der Waals surface area contributed by atoms with Gasteiger partial charge in [0.25, 0.3) is 0 Å². The number of aromatic nitrogens is 4. The van der Waals surface area contributed by atoms with E-state index in [2.05, 4.69) is 15.0 Å². The first-order chi connectivity index (χ1) is 16.5. The highest BCUT2D eigenvalue weighted by Gasteiger charge is 2.56. The summed E-state index contributed by atoms with van der Waals surface area (Å²) in [7, 11) is -3.49. The zero-order chi connectivity index (χ0) is 25.5. The quantitative estimate of drug-likeness (QED) is 0.196. The van der Waals surface area contributed by atoms with E-state index >= 15 is 0 Å². The Morgan fingerprint density at radius 2 is 1.94 bits per heavy atom. The molecule has 2 aromatic rings. The molecule has 4 rings (SSSR count). The summed E-state index contributed by atoms with van der Waals surface area (Å²) in [6.45, 7) is 8.31. The van der Waals surface area contributed by atoms with Gasteiger partial charge in [-0.3, -0.25) is 9.13 Å². The molecule has 0 radical (unpaired) electrons. The number of rotatable bonds is 9. The van der Waals surface area contributed by atoms with Gasteiger partial charge >= 0.3 is 5.97 Å². The summed E-state index contributed by atoms with van der Waals surface area (Å²) >= 11 is 12.2. The van der Waals surface area contributed by atoms with Gasteiger partial charge in [0, 0.05) is 6.66 Å². The number of halogens is 2. The molecule has 2 unspecified atom stereocenters. The van der Waals surface area contributed by atoms with Gasteiger partial charge in [0.2, 0.25) is 18.5 Å². The molecule has 0 spiro atoms. The van der Waals surface area contributed by atoms with Gasteiger partial charge in [-0.2, -0.15) is 4.98 Å². The molecular weight excluding hydrogens is 526 g/mol. The van der Waals surface area contributed by atoms with Gasteiger partial charge in [0.1, 0.15) is 23.8 Å². The zero-order valence-electron chi connectivity index (χ0n) is 19.8. The minimum Gasteiger partial charge on any atom is -0.464 e. The molecule has 194 valence electrons. The van der Waals surface area contributed by atoms with Gasteiger partial charge in [-0.05, 0) is 39.3 Å². The monoisotopic (exact) mass is 552 g/mol. The lowest BCUT2D eigenvalue weighted by molar-refractivity contribution is -0.203. The Hall–Kier alpha value is -1.37. The van der Waals surface area contributed by atoms with Crippen molar-refractivity contribution in [2.24, 2.45) is 0 Å². The summed E-state index contributed by atoms with van der Waals surface area (Å²) in [5.41, 5.74) is 0.701. The molecule has 0 amide bonds. The normalized spacial score (nSPS) is 28.1. The van der Waals surface area contributed by atoms with E-state index in [4.69, 9.17) is 51.4 Å². The van der Waals surface area contributed by atoms with Gasteiger partial charge < -0.3 is 28.2 Å². The van der Waals surface area contributed by atoms with Crippen LogP contribution in [0.4, 0.5) is 0 Å². The number of fused-ring (bicyclic) bond motifs is 2. The van der Waals surface area contributed by atoms with Gasteiger partial charge in [-0.25, -0.2) is 14.8 Å². The Bertz CT molecular complexity index is 1150. The van der Waals surface area contributed by atoms with Gasteiger partial charge in [-0.1, -0.05) is 11.6 Å². The Balaban J connectivity index is 1.61. The molecule has 15 heteroatoms. The van der Waals surface area contributed by atoms with Crippen LogP contribution in [0.3, 0.4) is 0 Å². The Morgan fingerprint density at radius 3 is 2.63 bits per heavy atom. The minimum absolute atomic E-state index is 0.0468. The van der Waals surface area contributed by atoms with E-state index in [0.29, 0.717) is 11.2 Å². The molecule has 0 N–H and O–H groups in total. The van der Waals surface area contributed by atoms with Crippen LogP contribution in [-0.4, -0.2) is 81.9 Å². The number of nitrogens with zero attached hydrogens (tertiary/aromatic N) is 4. The summed E-state index contributed by atoms with van der Waals surface area (Å²) in [5.74, 6) is -3.11. The predicted molar refractivity (Wildman–Crippen MR) is 125 cm³/mol. The zero-order valence-corrected chi connectivity index (χ0v) is 22.2. The van der Waals surface area contributed by atoms with E-state index in [-0.39, 0.29) is 30.3 Å². The average molecular weight is 553 g/mol. The molecule has 2 aromatic heterocycles. The SMILES string of the molecule is CCOC(=O)C(OC[C@H]1O[C@@H](n2cnc3c(Cl)nc(Cl)nc32)[C@@H]2OC(C)(C)O[C@@H]21)P(C)(=O)OCC. The molecule has 0 saturated carbocycles. The molecule has 2 fully saturated rings. The Labute approximate surface area is 211 Å². The lowest BCUT2D eigenvalue weighted by atomic mass is 10.1. The van der Waals surface area contributed by atoms with Crippen molar-refractivity contribution in [3.05, 3.63) is 16.8 Å². The minimum atomic E-state index is -3.49. The predicted octanol–water partition coefficient (Wildman–Crippen LogP) is 3.40. The van der Waals surface area contributed by atoms with Crippen LogP contribution < -0.4 is 0 Å². The van der Waals surface area contributed by atoms with E-state index in [1.54, 1.807) is 32.3 Å². The maximum atomic E-state index is 13.0. The van der Waals surface area contributed by atoms with Crippen molar-refractivity contribution in [1.29, 1.82) is 0 Å². The van der Waals surface area contributed by atoms with Crippen LogP contribution >= 0.6 is 30.6 Å². The third kappa shape index (κ3) is 5.35. The molecule has 0 aliphatic carbocycles. The van der Waals surface area contributed by atoms with Crippen LogP contribution in [0, 0.1) is 0 Å². The Morgan fingerprint density at radius 1 is 1.23 bits per heavy atom. The molecule has 2 aliphatic rings. The number of carbonyl (C=O) groups is 1. The molecule has 4 heterocycles. The molecule has 12 nitrogen and oxygen atoms in total. The lowest BCUT2D eigenvalue weighted by Crippen LogP contribution is -2.36. The van der Waals surface area contributed by atoms with Gasteiger partial charge in [0.15, 0.2) is 22.8 Å². The highest BCUT2D eigenvalue weighted by molar-refractivity contribution is 7.59. The number of carbonyl (C=O) groups excluding carboxylic acids is 1. The first-order valence-electron chi connectivity index (χ1n) is 11.0. The smallest absolute Gasteiger partial charge is 0.345 e. The van der Waals surface area contributed by atoms with Crippen molar-refractivity contribution in [1.82, 2.24) is 19.5 Å². The molecule has 2 saturated heterocycles. The second-order valence-corrected chi connectivity index (χ2v) is 11.7. The number of esters is 1. The van der Waals surface area contributed by atoms with Crippen LogP contribution in [-0.2, 0) is 37.6 Å². The van der Waals surface area contributed by atoms with Crippen LogP contribution in [0.25, 0.3) is 11.2 Å². The van der Waals surface area contributed by atoms with Gasteiger partial charge in [-0.15, -0.1) is 0 Å². The number of imidazole rings is 1. The maximum Gasteiger partial charge on any atom is 0.345 e. The number of hydrogen-bond donors (Lipinski definition) is 0. The first kappa shape index (κ1) is 26.7. The largest absolute Gasteiger partial charge is 0.464 e. The van der Waals surface area contributed by atoms with Crippen molar-refractivity contribution in [3.8, 4) is 0 Å². The van der Waals surface area contributed by atoms with Crippen molar-refractivity contribution >= 4 is 47.7 Å². The Kier molecular flexibility index (Phi) is 7.76. The molecule has 6 atom stereocenters. The fraction of sp³-hybridized carbons (Fsp3) is 0.700. The second kappa shape index (κ2) is 10.2. The molecule has 35 heavy (non-hydrogen) atoms. The van der Waals surface area contributed by atoms with Gasteiger partial charge in [0.05, 0.1) is 26.1 Å².